The maximum absolute atomic E-state index is 12.2. The van der Waals surface area contributed by atoms with Crippen molar-refractivity contribution in [3.05, 3.63) is 108 Å². The highest BCUT2D eigenvalue weighted by Crippen LogP contribution is 2.48. The van der Waals surface area contributed by atoms with Crippen molar-refractivity contribution in [2.45, 2.75) is 4.75 Å². The molecule has 1 N–H and O–H groups in total. The molecular weight excluding hydrogens is 376 g/mol. The van der Waals surface area contributed by atoms with E-state index in [-0.39, 0.29) is 10.7 Å². The molecule has 0 spiro atoms. The Kier molecular flexibility index (Phi) is 6.33. The predicted molar refractivity (Wildman–Crippen MR) is 121 cm³/mol. The molecule has 1 amide bonds. The Bertz CT molecular complexity index is 819. The number of thioether (sulfide) groups is 1. The van der Waals surface area contributed by atoms with Crippen LogP contribution in [0.5, 0.6) is 0 Å². The minimum Gasteiger partial charge on any atom is -0.339 e. The summed E-state index contributed by atoms with van der Waals surface area (Å²) in [5.74, 6) is 1.06. The molecule has 0 bridgehead atoms. The molecule has 3 aromatic rings. The number of nitrogens with zero attached hydrogens (tertiary/aromatic N) is 1. The summed E-state index contributed by atoms with van der Waals surface area (Å²) in [6.45, 7) is 2.87. The second kappa shape index (κ2) is 9.29. The highest BCUT2D eigenvalue weighted by atomic mass is 32.2. The van der Waals surface area contributed by atoms with Crippen molar-refractivity contribution in [1.29, 1.82) is 0 Å². The lowest BCUT2D eigenvalue weighted by Gasteiger charge is -2.36. The number of carbonyl (C=O) groups is 1. The first-order valence-electron chi connectivity index (χ1n) is 10.1. The summed E-state index contributed by atoms with van der Waals surface area (Å²) in [5, 5.41) is 3.15. The maximum Gasteiger partial charge on any atom is 0.236 e. The number of benzene rings is 3. The molecule has 0 unspecified atom stereocenters. The molecule has 4 rings (SSSR count). The van der Waals surface area contributed by atoms with Crippen LogP contribution in [0.1, 0.15) is 16.7 Å². The third-order valence-electron chi connectivity index (χ3n) is 5.41. The fraction of sp³-hybridized carbons (Fsp3) is 0.240. The van der Waals surface area contributed by atoms with Gasteiger partial charge in [-0.25, -0.2) is 0 Å². The zero-order valence-corrected chi connectivity index (χ0v) is 17.3. The van der Waals surface area contributed by atoms with Crippen LogP contribution in [0.2, 0.25) is 0 Å². The average Bonchev–Trinajstić information content (AvgIpc) is 2.80. The van der Waals surface area contributed by atoms with Gasteiger partial charge in [0, 0.05) is 25.4 Å². The molecule has 148 valence electrons. The second-order valence-corrected chi connectivity index (χ2v) is 8.49. The van der Waals surface area contributed by atoms with Crippen LogP contribution in [0.25, 0.3) is 0 Å². The monoisotopic (exact) mass is 402 g/mol. The van der Waals surface area contributed by atoms with Crippen LogP contribution < -0.4 is 5.32 Å². The van der Waals surface area contributed by atoms with E-state index >= 15 is 0 Å². The fourth-order valence-electron chi connectivity index (χ4n) is 3.96. The lowest BCUT2D eigenvalue weighted by atomic mass is 9.84. The van der Waals surface area contributed by atoms with Crippen LogP contribution in [-0.2, 0) is 9.54 Å². The van der Waals surface area contributed by atoms with Crippen molar-refractivity contribution in [3.8, 4) is 0 Å². The van der Waals surface area contributed by atoms with Crippen LogP contribution in [0.3, 0.4) is 0 Å². The Labute approximate surface area is 177 Å². The van der Waals surface area contributed by atoms with Gasteiger partial charge in [-0.2, -0.15) is 0 Å². The summed E-state index contributed by atoms with van der Waals surface area (Å²) < 4.78 is -0.319. The van der Waals surface area contributed by atoms with Crippen LogP contribution >= 0.6 is 11.8 Å². The van der Waals surface area contributed by atoms with E-state index in [1.165, 1.54) is 16.7 Å². The molecule has 3 aromatic carbocycles. The molecule has 0 radical (unpaired) electrons. The van der Waals surface area contributed by atoms with Crippen molar-refractivity contribution >= 4 is 17.7 Å². The van der Waals surface area contributed by atoms with E-state index in [2.05, 4.69) is 96.3 Å². The fourth-order valence-corrected chi connectivity index (χ4v) is 5.49. The summed E-state index contributed by atoms with van der Waals surface area (Å²) in [6.07, 6.45) is 0. The van der Waals surface area contributed by atoms with E-state index < -0.39 is 0 Å². The van der Waals surface area contributed by atoms with Crippen molar-refractivity contribution < 1.29 is 4.79 Å². The number of hydrogen-bond donors (Lipinski definition) is 1. The van der Waals surface area contributed by atoms with Gasteiger partial charge in [-0.05, 0) is 16.7 Å². The highest BCUT2D eigenvalue weighted by Gasteiger charge is 2.37. The first-order chi connectivity index (χ1) is 14.3. The van der Waals surface area contributed by atoms with Crippen molar-refractivity contribution in [2.75, 3.05) is 31.9 Å². The summed E-state index contributed by atoms with van der Waals surface area (Å²) in [7, 11) is 0. The lowest BCUT2D eigenvalue weighted by Crippen LogP contribution is -2.48. The van der Waals surface area contributed by atoms with Gasteiger partial charge < -0.3 is 10.2 Å². The summed E-state index contributed by atoms with van der Waals surface area (Å²) in [4.78, 5) is 14.2. The SMILES string of the molecule is O=C1CNCCN1CCSC(c1ccccc1)(c1ccccc1)c1ccccc1. The molecule has 29 heavy (non-hydrogen) atoms. The zero-order valence-electron chi connectivity index (χ0n) is 16.5. The minimum atomic E-state index is -0.319. The first kappa shape index (κ1) is 19.7. The summed E-state index contributed by atoms with van der Waals surface area (Å²) in [6, 6.07) is 32.1. The number of amides is 1. The molecule has 1 heterocycles. The largest absolute Gasteiger partial charge is 0.339 e. The van der Waals surface area contributed by atoms with E-state index in [4.69, 9.17) is 0 Å². The molecule has 0 aliphatic carbocycles. The topological polar surface area (TPSA) is 32.3 Å². The normalized spacial score (nSPS) is 14.8. The lowest BCUT2D eigenvalue weighted by molar-refractivity contribution is -0.131. The van der Waals surface area contributed by atoms with Crippen LogP contribution in [0.4, 0.5) is 0 Å². The number of nitrogens with one attached hydrogen (secondary N) is 1. The van der Waals surface area contributed by atoms with Gasteiger partial charge in [0.1, 0.15) is 0 Å². The molecule has 3 nitrogen and oxygen atoms in total. The molecule has 1 fully saturated rings. The second-order valence-electron chi connectivity index (χ2n) is 7.19. The predicted octanol–water partition coefficient (Wildman–Crippen LogP) is 4.14. The maximum atomic E-state index is 12.2. The van der Waals surface area contributed by atoms with Gasteiger partial charge in [-0.3, -0.25) is 4.79 Å². The highest BCUT2D eigenvalue weighted by molar-refractivity contribution is 8.00. The Morgan fingerprint density at radius 1 is 0.793 bits per heavy atom. The Hall–Kier alpha value is -2.56. The van der Waals surface area contributed by atoms with Crippen LogP contribution in [-0.4, -0.2) is 42.7 Å². The molecule has 1 aliphatic rings. The van der Waals surface area contributed by atoms with Gasteiger partial charge >= 0.3 is 0 Å². The van der Waals surface area contributed by atoms with Gasteiger partial charge in [0.15, 0.2) is 0 Å². The van der Waals surface area contributed by atoms with Crippen LogP contribution in [0, 0.1) is 0 Å². The Morgan fingerprint density at radius 3 is 1.72 bits per heavy atom. The smallest absolute Gasteiger partial charge is 0.236 e. The quantitative estimate of drug-likeness (QED) is 0.603. The molecule has 0 atom stereocenters. The minimum absolute atomic E-state index is 0.196. The van der Waals surface area contributed by atoms with Gasteiger partial charge in [0.2, 0.25) is 5.91 Å². The number of piperazine rings is 1. The molecule has 1 aliphatic heterocycles. The Morgan fingerprint density at radius 2 is 1.28 bits per heavy atom. The van der Waals surface area contributed by atoms with Crippen molar-refractivity contribution in [2.24, 2.45) is 0 Å². The van der Waals surface area contributed by atoms with Gasteiger partial charge in [-0.1, -0.05) is 91.0 Å². The average molecular weight is 403 g/mol. The molecule has 0 aromatic heterocycles. The molecule has 1 saturated heterocycles. The molecule has 4 heteroatoms. The van der Waals surface area contributed by atoms with E-state index in [1.54, 1.807) is 0 Å². The number of carbonyl (C=O) groups excluding carboxylic acids is 1. The third kappa shape index (κ3) is 4.24. The van der Waals surface area contributed by atoms with Gasteiger partial charge in [-0.15, -0.1) is 11.8 Å². The van der Waals surface area contributed by atoms with Crippen molar-refractivity contribution in [1.82, 2.24) is 10.2 Å². The standard InChI is InChI=1S/C25H26N2OS/c28-24-20-26-16-17-27(24)18-19-29-25(21-10-4-1-5-11-21,22-12-6-2-7-13-22)23-14-8-3-9-15-23/h1-15,26H,16-20H2. The van der Waals surface area contributed by atoms with E-state index in [0.717, 1.165) is 25.4 Å². The van der Waals surface area contributed by atoms with E-state index in [9.17, 15) is 4.79 Å². The Balaban J connectivity index is 1.72. The van der Waals surface area contributed by atoms with E-state index in [0.29, 0.717) is 6.54 Å². The first-order valence-corrected chi connectivity index (χ1v) is 11.1. The number of rotatable bonds is 7. The summed E-state index contributed by atoms with van der Waals surface area (Å²) in [5.41, 5.74) is 3.78. The molecular formula is C25H26N2OS. The summed E-state index contributed by atoms with van der Waals surface area (Å²) >= 11 is 1.91. The molecule has 0 saturated carbocycles. The van der Waals surface area contributed by atoms with E-state index in [1.807, 2.05) is 16.7 Å². The van der Waals surface area contributed by atoms with Gasteiger partial charge in [0.25, 0.3) is 0 Å². The van der Waals surface area contributed by atoms with Gasteiger partial charge in [0.05, 0.1) is 11.3 Å². The van der Waals surface area contributed by atoms with Crippen LogP contribution in [0.15, 0.2) is 91.0 Å². The van der Waals surface area contributed by atoms with Crippen molar-refractivity contribution in [3.63, 3.8) is 0 Å². The zero-order chi connectivity index (χ0) is 19.9. The third-order valence-corrected chi connectivity index (χ3v) is 6.93. The number of hydrogen-bond acceptors (Lipinski definition) is 3.